The molecule has 0 aromatic heterocycles. The summed E-state index contributed by atoms with van der Waals surface area (Å²) < 4.78 is 25.0. The van der Waals surface area contributed by atoms with Crippen LogP contribution in [0.15, 0.2) is 40.4 Å². The van der Waals surface area contributed by atoms with Crippen LogP contribution in [-0.4, -0.2) is 39.7 Å². The second-order valence-electron chi connectivity index (χ2n) is 5.26. The standard InChI is InChI=1S/C15H19BrN2O3S.ClH/c16-14-3-1-2-13(8-14)10-22(20,21)11-15(19)18-9-12-4-6-17-7-5-12;/h1-4,8,17H,5-7,9-11H2,(H,18,19);1H. The highest BCUT2D eigenvalue weighted by molar-refractivity contribution is 9.10. The van der Waals surface area contributed by atoms with Crippen molar-refractivity contribution in [2.45, 2.75) is 12.2 Å². The number of halogens is 2. The number of benzene rings is 1. The summed E-state index contributed by atoms with van der Waals surface area (Å²) in [6.45, 7) is 2.11. The highest BCUT2D eigenvalue weighted by Gasteiger charge is 2.17. The first-order chi connectivity index (χ1) is 10.4. The Morgan fingerprint density at radius 1 is 1.35 bits per heavy atom. The fourth-order valence-electron chi connectivity index (χ4n) is 2.22. The van der Waals surface area contributed by atoms with Gasteiger partial charge in [0.25, 0.3) is 0 Å². The van der Waals surface area contributed by atoms with E-state index in [9.17, 15) is 13.2 Å². The molecule has 1 heterocycles. The molecule has 23 heavy (non-hydrogen) atoms. The number of hydrogen-bond donors (Lipinski definition) is 2. The van der Waals surface area contributed by atoms with E-state index in [2.05, 4.69) is 26.6 Å². The van der Waals surface area contributed by atoms with E-state index in [0.29, 0.717) is 12.1 Å². The van der Waals surface area contributed by atoms with Crippen LogP contribution in [0.5, 0.6) is 0 Å². The van der Waals surface area contributed by atoms with Gasteiger partial charge in [-0.15, -0.1) is 12.4 Å². The lowest BCUT2D eigenvalue weighted by atomic mass is 10.1. The van der Waals surface area contributed by atoms with Crippen LogP contribution in [-0.2, 0) is 20.4 Å². The highest BCUT2D eigenvalue weighted by atomic mass is 79.9. The third-order valence-corrected chi connectivity index (χ3v) is 5.27. The maximum atomic E-state index is 12.1. The Kier molecular flexibility index (Phi) is 8.25. The van der Waals surface area contributed by atoms with Gasteiger partial charge in [-0.25, -0.2) is 8.42 Å². The topological polar surface area (TPSA) is 75.3 Å². The monoisotopic (exact) mass is 422 g/mol. The van der Waals surface area contributed by atoms with Crippen molar-refractivity contribution in [3.8, 4) is 0 Å². The average Bonchev–Trinajstić information content (AvgIpc) is 2.45. The third-order valence-electron chi connectivity index (χ3n) is 3.30. The maximum absolute atomic E-state index is 12.1. The van der Waals surface area contributed by atoms with Gasteiger partial charge in [-0.2, -0.15) is 0 Å². The van der Waals surface area contributed by atoms with Crippen LogP contribution < -0.4 is 10.6 Å². The number of amides is 1. The summed E-state index contributed by atoms with van der Waals surface area (Å²) in [7, 11) is -3.47. The van der Waals surface area contributed by atoms with Gasteiger partial charge < -0.3 is 10.6 Å². The molecule has 1 amide bonds. The predicted octanol–water partition coefficient (Wildman–Crippen LogP) is 1.82. The molecule has 0 saturated heterocycles. The molecule has 8 heteroatoms. The molecule has 0 radical (unpaired) electrons. The van der Waals surface area contributed by atoms with Gasteiger partial charge in [0.05, 0.1) is 5.75 Å². The van der Waals surface area contributed by atoms with Crippen molar-refractivity contribution in [1.82, 2.24) is 10.6 Å². The molecule has 2 rings (SSSR count). The van der Waals surface area contributed by atoms with E-state index in [0.717, 1.165) is 29.6 Å². The van der Waals surface area contributed by atoms with Crippen molar-refractivity contribution < 1.29 is 13.2 Å². The molecule has 128 valence electrons. The van der Waals surface area contributed by atoms with Gasteiger partial charge in [-0.3, -0.25) is 4.79 Å². The summed E-state index contributed by atoms with van der Waals surface area (Å²) >= 11 is 3.30. The zero-order valence-corrected chi connectivity index (χ0v) is 15.8. The van der Waals surface area contributed by atoms with Crippen molar-refractivity contribution in [3.63, 3.8) is 0 Å². The second-order valence-corrected chi connectivity index (χ2v) is 8.24. The Balaban J connectivity index is 0.00000264. The molecule has 1 aromatic carbocycles. The van der Waals surface area contributed by atoms with Crippen LogP contribution in [0.25, 0.3) is 0 Å². The molecule has 1 aromatic rings. The molecule has 0 unspecified atom stereocenters. The first-order valence-corrected chi connectivity index (χ1v) is 9.66. The molecule has 5 nitrogen and oxygen atoms in total. The smallest absolute Gasteiger partial charge is 0.235 e. The van der Waals surface area contributed by atoms with Gasteiger partial charge >= 0.3 is 0 Å². The van der Waals surface area contributed by atoms with Crippen molar-refractivity contribution in [2.24, 2.45) is 0 Å². The zero-order chi connectivity index (χ0) is 16.0. The second kappa shape index (κ2) is 9.42. The van der Waals surface area contributed by atoms with Gasteiger partial charge in [0, 0.05) is 17.6 Å². The fourth-order valence-corrected chi connectivity index (χ4v) is 3.96. The van der Waals surface area contributed by atoms with E-state index < -0.39 is 21.5 Å². The number of nitrogens with one attached hydrogen (secondary N) is 2. The zero-order valence-electron chi connectivity index (χ0n) is 12.5. The van der Waals surface area contributed by atoms with Crippen LogP contribution in [0.3, 0.4) is 0 Å². The van der Waals surface area contributed by atoms with Crippen molar-refractivity contribution in [3.05, 3.63) is 46.0 Å². The minimum Gasteiger partial charge on any atom is -0.351 e. The molecular formula is C15H20BrClN2O3S. The summed E-state index contributed by atoms with van der Waals surface area (Å²) in [4.78, 5) is 11.8. The third kappa shape index (κ3) is 7.48. The van der Waals surface area contributed by atoms with Gasteiger partial charge in [-0.05, 0) is 30.7 Å². The van der Waals surface area contributed by atoms with Crippen LogP contribution in [0.4, 0.5) is 0 Å². The van der Waals surface area contributed by atoms with Crippen LogP contribution in [0.2, 0.25) is 0 Å². The molecule has 1 aliphatic heterocycles. The Hall–Kier alpha value is -0.890. The molecule has 0 atom stereocenters. The lowest BCUT2D eigenvalue weighted by Crippen LogP contribution is -2.33. The van der Waals surface area contributed by atoms with Gasteiger partial charge in [-0.1, -0.05) is 39.7 Å². The van der Waals surface area contributed by atoms with Gasteiger partial charge in [0.15, 0.2) is 9.84 Å². The quantitative estimate of drug-likeness (QED) is 0.685. The lowest BCUT2D eigenvalue weighted by Gasteiger charge is -2.14. The van der Waals surface area contributed by atoms with E-state index in [4.69, 9.17) is 0 Å². The number of carbonyl (C=O) groups excluding carboxylic acids is 1. The molecule has 2 N–H and O–H groups in total. The summed E-state index contributed by atoms with van der Waals surface area (Å²) in [5.74, 6) is -1.06. The van der Waals surface area contributed by atoms with Crippen LogP contribution in [0.1, 0.15) is 12.0 Å². The van der Waals surface area contributed by atoms with Crippen molar-refractivity contribution in [1.29, 1.82) is 0 Å². The molecule has 0 spiro atoms. The van der Waals surface area contributed by atoms with E-state index >= 15 is 0 Å². The minimum absolute atomic E-state index is 0. The Bertz CT molecular complexity index is 677. The number of hydrogen-bond acceptors (Lipinski definition) is 4. The SMILES string of the molecule is Cl.O=C(CS(=O)(=O)Cc1cccc(Br)c1)NCC1=CCNCC1. The predicted molar refractivity (Wildman–Crippen MR) is 97.5 cm³/mol. The number of sulfone groups is 1. The minimum atomic E-state index is -3.47. The van der Waals surface area contributed by atoms with E-state index in [1.807, 2.05) is 12.1 Å². The highest BCUT2D eigenvalue weighted by Crippen LogP contribution is 2.14. The molecule has 0 fully saturated rings. The number of carbonyl (C=O) groups is 1. The maximum Gasteiger partial charge on any atom is 0.235 e. The fraction of sp³-hybridized carbons (Fsp3) is 0.400. The van der Waals surface area contributed by atoms with Gasteiger partial charge in [0.2, 0.25) is 5.91 Å². The van der Waals surface area contributed by atoms with Crippen LogP contribution >= 0.6 is 28.3 Å². The molecule has 0 saturated carbocycles. The van der Waals surface area contributed by atoms with Gasteiger partial charge in [0.1, 0.15) is 5.75 Å². The Morgan fingerprint density at radius 2 is 2.13 bits per heavy atom. The lowest BCUT2D eigenvalue weighted by molar-refractivity contribution is -0.118. The average molecular weight is 424 g/mol. The summed E-state index contributed by atoms with van der Waals surface area (Å²) in [5.41, 5.74) is 1.81. The molecule has 0 bridgehead atoms. The molecular weight excluding hydrogens is 404 g/mol. The number of rotatable bonds is 6. The first-order valence-electron chi connectivity index (χ1n) is 7.05. The normalized spacial score (nSPS) is 14.6. The van der Waals surface area contributed by atoms with Crippen molar-refractivity contribution in [2.75, 3.05) is 25.4 Å². The summed E-state index contributed by atoms with van der Waals surface area (Å²) in [6, 6.07) is 7.09. The molecule has 1 aliphatic rings. The summed E-state index contributed by atoms with van der Waals surface area (Å²) in [6.07, 6.45) is 2.91. The van der Waals surface area contributed by atoms with E-state index in [1.165, 1.54) is 0 Å². The molecule has 0 aliphatic carbocycles. The van der Waals surface area contributed by atoms with E-state index in [-0.39, 0.29) is 18.2 Å². The van der Waals surface area contributed by atoms with Crippen molar-refractivity contribution >= 4 is 44.1 Å². The Labute approximate surface area is 151 Å². The Morgan fingerprint density at radius 3 is 2.78 bits per heavy atom. The first kappa shape index (κ1) is 20.2. The largest absolute Gasteiger partial charge is 0.351 e. The van der Waals surface area contributed by atoms with E-state index in [1.54, 1.807) is 18.2 Å². The van der Waals surface area contributed by atoms with Crippen LogP contribution in [0, 0.1) is 0 Å². The summed E-state index contributed by atoms with van der Waals surface area (Å²) in [5, 5.41) is 5.87.